The van der Waals surface area contributed by atoms with Crippen LogP contribution in [0.3, 0.4) is 0 Å². The number of nitrogen functional groups attached to an aromatic ring is 1. The fourth-order valence-corrected chi connectivity index (χ4v) is 5.07. The highest BCUT2D eigenvalue weighted by molar-refractivity contribution is 7.90. The molecule has 0 aliphatic rings. The zero-order chi connectivity index (χ0) is 26.7. The maximum Gasteiger partial charge on any atom is 0.238 e. The third kappa shape index (κ3) is 5.47. The lowest BCUT2D eigenvalue weighted by Gasteiger charge is -2.24. The van der Waals surface area contributed by atoms with Crippen LogP contribution in [-0.2, 0) is 10.0 Å². The summed E-state index contributed by atoms with van der Waals surface area (Å²) in [5, 5.41) is 4.00. The van der Waals surface area contributed by atoms with Crippen LogP contribution in [0.25, 0.3) is 22.2 Å². The van der Waals surface area contributed by atoms with Gasteiger partial charge < -0.3 is 25.6 Å². The van der Waals surface area contributed by atoms with Gasteiger partial charge in [0.25, 0.3) is 0 Å². The second-order valence-corrected chi connectivity index (χ2v) is 11.1. The van der Waals surface area contributed by atoms with Crippen molar-refractivity contribution in [1.82, 2.24) is 18.8 Å². The molecular weight excluding hydrogens is 490 g/mol. The normalized spacial score (nSPS) is 11.7. The third-order valence-electron chi connectivity index (χ3n) is 6.16. The summed E-state index contributed by atoms with van der Waals surface area (Å²) >= 11 is 0. The molecule has 2 aromatic carbocycles. The lowest BCUT2D eigenvalue weighted by atomic mass is 10.1. The zero-order valence-electron chi connectivity index (χ0n) is 21.8. The number of nitrogens with two attached hydrogens (primary N) is 1. The van der Waals surface area contributed by atoms with Gasteiger partial charge in [0.15, 0.2) is 0 Å². The van der Waals surface area contributed by atoms with E-state index in [1.165, 1.54) is 3.97 Å². The van der Waals surface area contributed by atoms with E-state index in [9.17, 15) is 8.42 Å². The first kappa shape index (κ1) is 26.2. The number of para-hydroxylation sites is 1. The molecule has 0 saturated carbocycles. The molecule has 37 heavy (non-hydrogen) atoms. The minimum Gasteiger partial charge on any atom is -0.494 e. The average molecular weight is 524 g/mol. The standard InChI is InChI=1S/C26H33N7O3S/c1-6-37(34,35)33-17-19(18-9-7-8-10-23(18)33)21-11-12-28-26(29-21)30-22-15-20(27)24(16-25(22)36-5)32(4)14-13-31(2)3/h7-12,15-17H,6,13-14,27H2,1-5H3,(H,28,29,30). The second kappa shape index (κ2) is 10.7. The molecule has 10 nitrogen and oxygen atoms in total. The van der Waals surface area contributed by atoms with Crippen molar-refractivity contribution in [3.63, 3.8) is 0 Å². The van der Waals surface area contributed by atoms with E-state index in [2.05, 4.69) is 25.1 Å². The van der Waals surface area contributed by atoms with Gasteiger partial charge in [-0.2, -0.15) is 0 Å². The van der Waals surface area contributed by atoms with Crippen LogP contribution in [-0.4, -0.2) is 74.4 Å². The Morgan fingerprint density at radius 1 is 1.11 bits per heavy atom. The first-order chi connectivity index (χ1) is 17.6. The number of ether oxygens (including phenoxy) is 1. The van der Waals surface area contributed by atoms with E-state index >= 15 is 0 Å². The van der Waals surface area contributed by atoms with Crippen LogP contribution in [0.1, 0.15) is 6.92 Å². The SMILES string of the molecule is CCS(=O)(=O)n1cc(-c2ccnc(Nc3cc(N)c(N(C)CCN(C)C)cc3OC)n2)c2ccccc21. The van der Waals surface area contributed by atoms with Crippen LogP contribution < -0.4 is 20.7 Å². The molecule has 0 bridgehead atoms. The van der Waals surface area contributed by atoms with Crippen LogP contribution in [0.4, 0.5) is 23.0 Å². The van der Waals surface area contributed by atoms with Gasteiger partial charge in [0.1, 0.15) is 5.75 Å². The highest BCUT2D eigenvalue weighted by Crippen LogP contribution is 2.37. The van der Waals surface area contributed by atoms with Gasteiger partial charge in [-0.15, -0.1) is 0 Å². The minimum atomic E-state index is -3.48. The maximum absolute atomic E-state index is 12.7. The van der Waals surface area contributed by atoms with E-state index in [-0.39, 0.29) is 5.75 Å². The van der Waals surface area contributed by atoms with E-state index in [1.807, 2.05) is 45.4 Å². The Hall–Kier alpha value is -3.83. The Kier molecular flexibility index (Phi) is 7.55. The number of aromatic nitrogens is 3. The molecule has 0 fully saturated rings. The van der Waals surface area contributed by atoms with Gasteiger partial charge in [0, 0.05) is 49.5 Å². The first-order valence-electron chi connectivity index (χ1n) is 11.9. The highest BCUT2D eigenvalue weighted by atomic mass is 32.2. The molecule has 0 unspecified atom stereocenters. The number of benzene rings is 2. The number of fused-ring (bicyclic) bond motifs is 1. The average Bonchev–Trinajstić information content (AvgIpc) is 3.28. The minimum absolute atomic E-state index is 0.0107. The smallest absolute Gasteiger partial charge is 0.238 e. The highest BCUT2D eigenvalue weighted by Gasteiger charge is 2.19. The van der Waals surface area contributed by atoms with Gasteiger partial charge in [-0.05, 0) is 39.2 Å². The topological polar surface area (TPSA) is 119 Å². The van der Waals surface area contributed by atoms with Crippen molar-refractivity contribution in [2.75, 3.05) is 63.0 Å². The van der Waals surface area contributed by atoms with Crippen LogP contribution >= 0.6 is 0 Å². The summed E-state index contributed by atoms with van der Waals surface area (Å²) in [6.45, 7) is 3.31. The monoisotopic (exact) mass is 523 g/mol. The molecule has 2 aromatic heterocycles. The summed E-state index contributed by atoms with van der Waals surface area (Å²) in [7, 11) is 4.16. The van der Waals surface area contributed by atoms with Gasteiger partial charge in [-0.25, -0.2) is 22.4 Å². The lowest BCUT2D eigenvalue weighted by Crippen LogP contribution is -2.29. The molecule has 0 radical (unpaired) electrons. The van der Waals surface area contributed by atoms with Gasteiger partial charge in [0.05, 0.1) is 41.1 Å². The number of hydrogen-bond donors (Lipinski definition) is 2. The lowest BCUT2D eigenvalue weighted by molar-refractivity contribution is 0.413. The Labute approximate surface area is 217 Å². The molecule has 11 heteroatoms. The quantitative estimate of drug-likeness (QED) is 0.300. The number of methoxy groups -OCH3 is 1. The van der Waals surface area contributed by atoms with Gasteiger partial charge in [-0.1, -0.05) is 18.2 Å². The van der Waals surface area contributed by atoms with E-state index in [1.54, 1.807) is 44.6 Å². The molecular formula is C26H33N7O3S. The molecule has 0 spiro atoms. The summed E-state index contributed by atoms with van der Waals surface area (Å²) in [5.74, 6) is 0.920. The third-order valence-corrected chi connectivity index (χ3v) is 7.79. The van der Waals surface area contributed by atoms with E-state index in [0.717, 1.165) is 24.2 Å². The van der Waals surface area contributed by atoms with Gasteiger partial charge in [-0.3, -0.25) is 0 Å². The summed E-state index contributed by atoms with van der Waals surface area (Å²) in [6, 6.07) is 12.8. The van der Waals surface area contributed by atoms with Crippen molar-refractivity contribution >= 4 is 43.9 Å². The molecule has 0 atom stereocenters. The van der Waals surface area contributed by atoms with Gasteiger partial charge in [0.2, 0.25) is 16.0 Å². The maximum atomic E-state index is 12.7. The van der Waals surface area contributed by atoms with Crippen molar-refractivity contribution in [1.29, 1.82) is 0 Å². The number of nitrogens with zero attached hydrogens (tertiary/aromatic N) is 5. The van der Waals surface area contributed by atoms with Gasteiger partial charge >= 0.3 is 0 Å². The van der Waals surface area contributed by atoms with E-state index in [4.69, 9.17) is 10.5 Å². The summed E-state index contributed by atoms with van der Waals surface area (Å²) in [4.78, 5) is 13.2. The summed E-state index contributed by atoms with van der Waals surface area (Å²) < 4.78 is 32.4. The second-order valence-electron chi connectivity index (χ2n) is 8.98. The number of rotatable bonds is 10. The van der Waals surface area contributed by atoms with Crippen LogP contribution in [0, 0.1) is 0 Å². The zero-order valence-corrected chi connectivity index (χ0v) is 22.6. The largest absolute Gasteiger partial charge is 0.494 e. The predicted molar refractivity (Wildman–Crippen MR) is 150 cm³/mol. The van der Waals surface area contributed by atoms with Crippen molar-refractivity contribution in [3.05, 3.63) is 54.9 Å². The number of anilines is 4. The van der Waals surface area contributed by atoms with Crippen LogP contribution in [0.15, 0.2) is 54.9 Å². The molecule has 0 amide bonds. The van der Waals surface area contributed by atoms with Crippen LogP contribution in [0.5, 0.6) is 5.75 Å². The molecule has 196 valence electrons. The number of likely N-dealkylation sites (N-methyl/N-ethyl adjacent to an activating group) is 2. The van der Waals surface area contributed by atoms with Crippen LogP contribution in [0.2, 0.25) is 0 Å². The van der Waals surface area contributed by atoms with E-state index < -0.39 is 10.0 Å². The van der Waals surface area contributed by atoms with Crippen molar-refractivity contribution in [2.24, 2.45) is 0 Å². The fraction of sp³-hybridized carbons (Fsp3) is 0.308. The Morgan fingerprint density at radius 2 is 1.86 bits per heavy atom. The molecule has 0 aliphatic carbocycles. The Morgan fingerprint density at radius 3 is 2.57 bits per heavy atom. The molecule has 4 rings (SSSR count). The Bertz CT molecular complexity index is 1520. The molecule has 4 aromatic rings. The Balaban J connectivity index is 1.69. The molecule has 3 N–H and O–H groups in total. The summed E-state index contributed by atoms with van der Waals surface area (Å²) in [6.07, 6.45) is 3.25. The molecule has 2 heterocycles. The molecule has 0 saturated heterocycles. The van der Waals surface area contributed by atoms with Crippen molar-refractivity contribution in [2.45, 2.75) is 6.92 Å². The number of nitrogens with one attached hydrogen (secondary N) is 1. The fourth-order valence-electron chi connectivity index (χ4n) is 4.07. The number of hydrogen-bond acceptors (Lipinski definition) is 9. The van der Waals surface area contributed by atoms with Crippen molar-refractivity contribution < 1.29 is 13.2 Å². The van der Waals surface area contributed by atoms with E-state index in [0.29, 0.717) is 39.8 Å². The predicted octanol–water partition coefficient (Wildman–Crippen LogP) is 3.63. The molecule has 0 aliphatic heterocycles. The van der Waals surface area contributed by atoms with Crippen molar-refractivity contribution in [3.8, 4) is 17.0 Å². The first-order valence-corrected chi connectivity index (χ1v) is 13.5. The summed E-state index contributed by atoms with van der Waals surface area (Å²) in [5.41, 5.74) is 10.4.